The molecule has 0 bridgehead atoms. The van der Waals surface area contributed by atoms with Gasteiger partial charge in [-0.3, -0.25) is 0 Å². The normalized spacial score (nSPS) is 10.6. The molecule has 0 fully saturated rings. The van der Waals surface area contributed by atoms with E-state index in [1.165, 1.54) is 16.7 Å². The van der Waals surface area contributed by atoms with Gasteiger partial charge < -0.3 is 15.0 Å². The fourth-order valence-corrected chi connectivity index (χ4v) is 4.90. The Balaban J connectivity index is 1.29. The largest absolute Gasteiger partial charge is 0.497 e. The second-order valence-corrected chi connectivity index (χ2v) is 9.57. The average Bonchev–Trinajstić information content (AvgIpc) is 3.03. The van der Waals surface area contributed by atoms with Crippen LogP contribution in [0.4, 0.5) is 28.4 Å². The van der Waals surface area contributed by atoms with Gasteiger partial charge in [-0.25, -0.2) is 0 Å². The summed E-state index contributed by atoms with van der Waals surface area (Å²) in [6.07, 6.45) is 0. The van der Waals surface area contributed by atoms with E-state index in [0.29, 0.717) is 0 Å². The number of rotatable bonds is 8. The third-order valence-corrected chi connectivity index (χ3v) is 6.93. The van der Waals surface area contributed by atoms with E-state index in [0.717, 1.165) is 39.7 Å². The summed E-state index contributed by atoms with van der Waals surface area (Å²) in [4.78, 5) is 2.27. The van der Waals surface area contributed by atoms with E-state index in [4.69, 9.17) is 4.74 Å². The van der Waals surface area contributed by atoms with Crippen LogP contribution in [0.5, 0.6) is 5.75 Å². The van der Waals surface area contributed by atoms with Crippen LogP contribution in [0.1, 0.15) is 0 Å². The number of nitrogens with zero attached hydrogens (tertiary/aromatic N) is 1. The maximum Gasteiger partial charge on any atom is 0.119 e. The summed E-state index contributed by atoms with van der Waals surface area (Å²) in [6.45, 7) is 0. The van der Waals surface area contributed by atoms with Crippen molar-refractivity contribution in [2.45, 2.75) is 0 Å². The zero-order valence-corrected chi connectivity index (χ0v) is 22.4. The van der Waals surface area contributed by atoms with Crippen LogP contribution in [0.25, 0.3) is 22.3 Å². The Hall–Kier alpha value is -5.28. The molecule has 3 heteroatoms. The van der Waals surface area contributed by atoms with Gasteiger partial charge in [0.15, 0.2) is 0 Å². The Morgan fingerprint density at radius 1 is 0.425 bits per heavy atom. The van der Waals surface area contributed by atoms with Gasteiger partial charge in [-0.1, -0.05) is 84.9 Å². The van der Waals surface area contributed by atoms with Crippen molar-refractivity contribution in [2.75, 3.05) is 17.3 Å². The highest BCUT2D eigenvalue weighted by molar-refractivity contribution is 5.81. The Morgan fingerprint density at radius 3 is 1.60 bits per heavy atom. The van der Waals surface area contributed by atoms with Crippen LogP contribution in [0.15, 0.2) is 158 Å². The molecule has 40 heavy (non-hydrogen) atoms. The van der Waals surface area contributed by atoms with Crippen LogP contribution >= 0.6 is 0 Å². The van der Waals surface area contributed by atoms with Crippen molar-refractivity contribution in [3.63, 3.8) is 0 Å². The molecule has 6 aromatic carbocycles. The second kappa shape index (κ2) is 11.6. The first kappa shape index (κ1) is 25.0. The number of ether oxygens (including phenoxy) is 1. The van der Waals surface area contributed by atoms with Crippen molar-refractivity contribution >= 4 is 28.4 Å². The summed E-state index contributed by atoms with van der Waals surface area (Å²) in [6, 6.07) is 54.9. The summed E-state index contributed by atoms with van der Waals surface area (Å²) in [5.41, 5.74) is 10.1. The van der Waals surface area contributed by atoms with E-state index in [9.17, 15) is 0 Å². The first-order valence-electron chi connectivity index (χ1n) is 13.4. The predicted molar refractivity (Wildman–Crippen MR) is 168 cm³/mol. The Labute approximate surface area is 236 Å². The molecule has 6 aromatic rings. The highest BCUT2D eigenvalue weighted by atomic mass is 16.5. The lowest BCUT2D eigenvalue weighted by atomic mass is 9.99. The number of hydrogen-bond donors (Lipinski definition) is 1. The number of benzene rings is 6. The number of methoxy groups -OCH3 is 1. The third-order valence-electron chi connectivity index (χ3n) is 6.93. The zero-order chi connectivity index (χ0) is 27.1. The molecule has 6 rings (SSSR count). The van der Waals surface area contributed by atoms with E-state index in [1.54, 1.807) is 7.11 Å². The van der Waals surface area contributed by atoms with Gasteiger partial charge in [-0.15, -0.1) is 0 Å². The molecule has 0 atom stereocenters. The van der Waals surface area contributed by atoms with Gasteiger partial charge in [0.1, 0.15) is 5.75 Å². The number of para-hydroxylation sites is 2. The third kappa shape index (κ3) is 5.59. The highest BCUT2D eigenvalue weighted by Gasteiger charge is 2.13. The summed E-state index contributed by atoms with van der Waals surface area (Å²) in [7, 11) is 1.69. The van der Waals surface area contributed by atoms with Crippen LogP contribution in [-0.4, -0.2) is 7.11 Å². The summed E-state index contributed by atoms with van der Waals surface area (Å²) in [5, 5.41) is 3.49. The van der Waals surface area contributed by atoms with E-state index in [1.807, 2.05) is 36.4 Å². The minimum absolute atomic E-state index is 0.840. The lowest BCUT2D eigenvalue weighted by Gasteiger charge is -2.26. The lowest BCUT2D eigenvalue weighted by Crippen LogP contribution is -2.09. The second-order valence-electron chi connectivity index (χ2n) is 9.57. The number of hydrogen-bond acceptors (Lipinski definition) is 3. The summed E-state index contributed by atoms with van der Waals surface area (Å²) < 4.78 is 5.39. The molecule has 0 unspecified atom stereocenters. The molecule has 0 saturated carbocycles. The molecule has 0 saturated heterocycles. The molecular weight excluding hydrogens is 488 g/mol. The van der Waals surface area contributed by atoms with Crippen LogP contribution in [0.2, 0.25) is 0 Å². The molecule has 1 N–H and O–H groups in total. The van der Waals surface area contributed by atoms with Crippen molar-refractivity contribution < 1.29 is 4.74 Å². The monoisotopic (exact) mass is 518 g/mol. The first-order valence-corrected chi connectivity index (χ1v) is 13.4. The van der Waals surface area contributed by atoms with Crippen LogP contribution in [0, 0.1) is 0 Å². The number of anilines is 5. The van der Waals surface area contributed by atoms with Gasteiger partial charge in [0, 0.05) is 28.4 Å². The maximum atomic E-state index is 5.39. The molecule has 0 heterocycles. The molecule has 0 aliphatic carbocycles. The fourth-order valence-electron chi connectivity index (χ4n) is 4.90. The number of nitrogens with one attached hydrogen (secondary N) is 1. The van der Waals surface area contributed by atoms with Crippen molar-refractivity contribution in [3.05, 3.63) is 158 Å². The SMILES string of the molecule is COc1ccc(N(c2ccccc2)c2cccc(-c3ccc(-c4cccc(Nc5ccccc5)c4)cc3)c2)cc1. The predicted octanol–water partition coefficient (Wildman–Crippen LogP) is 10.2. The van der Waals surface area contributed by atoms with Crippen LogP contribution in [0.3, 0.4) is 0 Å². The van der Waals surface area contributed by atoms with Gasteiger partial charge in [0.05, 0.1) is 7.11 Å². The van der Waals surface area contributed by atoms with Crippen LogP contribution in [-0.2, 0) is 0 Å². The topological polar surface area (TPSA) is 24.5 Å². The Kier molecular flexibility index (Phi) is 7.27. The van der Waals surface area contributed by atoms with E-state index >= 15 is 0 Å². The van der Waals surface area contributed by atoms with E-state index in [2.05, 4.69) is 132 Å². The highest BCUT2D eigenvalue weighted by Crippen LogP contribution is 2.37. The minimum Gasteiger partial charge on any atom is -0.497 e. The molecule has 194 valence electrons. The molecule has 0 aliphatic heterocycles. The molecule has 0 radical (unpaired) electrons. The first-order chi connectivity index (χ1) is 19.8. The van der Waals surface area contributed by atoms with Gasteiger partial charge >= 0.3 is 0 Å². The van der Waals surface area contributed by atoms with Crippen LogP contribution < -0.4 is 15.0 Å². The molecule has 0 amide bonds. The van der Waals surface area contributed by atoms with Crippen molar-refractivity contribution in [2.24, 2.45) is 0 Å². The molecule has 0 spiro atoms. The Morgan fingerprint density at radius 2 is 0.950 bits per heavy atom. The summed E-state index contributed by atoms with van der Waals surface area (Å²) in [5.74, 6) is 0.840. The molecular formula is C37H30N2O. The lowest BCUT2D eigenvalue weighted by molar-refractivity contribution is 0.415. The fraction of sp³-hybridized carbons (Fsp3) is 0.0270. The van der Waals surface area contributed by atoms with Gasteiger partial charge in [0.25, 0.3) is 0 Å². The molecule has 0 aliphatic rings. The Bertz CT molecular complexity index is 1680. The summed E-state index contributed by atoms with van der Waals surface area (Å²) >= 11 is 0. The maximum absolute atomic E-state index is 5.39. The van der Waals surface area contributed by atoms with Gasteiger partial charge in [0.2, 0.25) is 0 Å². The standard InChI is InChI=1S/C37H30N2O/c1-40-37-24-22-35(23-25-37)39(34-15-6-3-7-16-34)36-17-9-11-31(27-36)29-20-18-28(19-21-29)30-10-8-14-33(26-30)38-32-12-4-2-5-13-32/h2-27,38H,1H3. The zero-order valence-electron chi connectivity index (χ0n) is 22.4. The van der Waals surface area contributed by atoms with Crippen molar-refractivity contribution in [3.8, 4) is 28.0 Å². The van der Waals surface area contributed by atoms with Crippen molar-refractivity contribution in [1.29, 1.82) is 0 Å². The van der Waals surface area contributed by atoms with E-state index < -0.39 is 0 Å². The van der Waals surface area contributed by atoms with Gasteiger partial charge in [-0.05, 0) is 95.1 Å². The molecule has 0 aromatic heterocycles. The van der Waals surface area contributed by atoms with Gasteiger partial charge in [-0.2, -0.15) is 0 Å². The van der Waals surface area contributed by atoms with E-state index in [-0.39, 0.29) is 0 Å². The minimum atomic E-state index is 0.840. The molecule has 3 nitrogen and oxygen atoms in total. The van der Waals surface area contributed by atoms with Crippen molar-refractivity contribution in [1.82, 2.24) is 0 Å². The average molecular weight is 519 g/mol. The quantitative estimate of drug-likeness (QED) is 0.217. The smallest absolute Gasteiger partial charge is 0.119 e.